The fraction of sp³-hybridized carbons (Fsp3) is 0.474. The number of methoxy groups -OCH3 is 1. The molecular weight excluding hydrogens is 320 g/mol. The molecule has 0 radical (unpaired) electrons. The average molecular weight is 346 g/mol. The lowest BCUT2D eigenvalue weighted by molar-refractivity contribution is 0.0943. The van der Waals surface area contributed by atoms with Gasteiger partial charge in [0.2, 0.25) is 0 Å². The first-order valence-corrected chi connectivity index (χ1v) is 9.05. The van der Waals surface area contributed by atoms with Gasteiger partial charge in [-0.15, -0.1) is 11.3 Å². The van der Waals surface area contributed by atoms with Crippen LogP contribution >= 0.6 is 11.3 Å². The van der Waals surface area contributed by atoms with Crippen molar-refractivity contribution in [1.82, 2.24) is 10.3 Å². The number of nitrogens with zero attached hydrogens (tertiary/aromatic N) is 1. The second-order valence-electron chi connectivity index (χ2n) is 6.56. The maximum absolute atomic E-state index is 12.7. The molecule has 130 valence electrons. The van der Waals surface area contributed by atoms with Crippen LogP contribution < -0.4 is 10.1 Å². The summed E-state index contributed by atoms with van der Waals surface area (Å²) in [4.78, 5) is 17.9. The SMILES string of the molecule is COc1ccc(C)cc1C(C)NC(=O)c1sc(CC(C)C)nc1C. The first kappa shape index (κ1) is 18.5. The smallest absolute Gasteiger partial charge is 0.263 e. The number of hydrogen-bond acceptors (Lipinski definition) is 4. The molecule has 0 saturated carbocycles. The van der Waals surface area contributed by atoms with Crippen molar-refractivity contribution in [2.75, 3.05) is 7.11 Å². The zero-order valence-corrected chi connectivity index (χ0v) is 16.1. The lowest BCUT2D eigenvalue weighted by atomic mass is 10.0. The first-order valence-electron chi connectivity index (χ1n) is 8.23. The van der Waals surface area contributed by atoms with Gasteiger partial charge in [-0.2, -0.15) is 0 Å². The van der Waals surface area contributed by atoms with Crippen LogP contribution in [-0.4, -0.2) is 18.0 Å². The van der Waals surface area contributed by atoms with E-state index in [1.807, 2.05) is 39.0 Å². The standard InChI is InChI=1S/C19H26N2O2S/c1-11(2)9-17-20-14(5)18(24-17)19(22)21-13(4)15-10-12(3)7-8-16(15)23-6/h7-8,10-11,13H,9H2,1-6H3,(H,21,22). The van der Waals surface area contributed by atoms with E-state index in [9.17, 15) is 4.79 Å². The number of thiazole rings is 1. The van der Waals surface area contributed by atoms with E-state index in [1.54, 1.807) is 7.11 Å². The Bertz CT molecular complexity index is 722. The molecule has 1 unspecified atom stereocenters. The van der Waals surface area contributed by atoms with Crippen LogP contribution in [0.1, 0.15) is 58.3 Å². The largest absolute Gasteiger partial charge is 0.496 e. The van der Waals surface area contributed by atoms with Gasteiger partial charge >= 0.3 is 0 Å². The van der Waals surface area contributed by atoms with Crippen LogP contribution in [0, 0.1) is 19.8 Å². The average Bonchev–Trinajstić information content (AvgIpc) is 2.86. The van der Waals surface area contributed by atoms with Crippen molar-refractivity contribution >= 4 is 17.2 Å². The normalized spacial score (nSPS) is 12.3. The Kier molecular flexibility index (Phi) is 5.99. The summed E-state index contributed by atoms with van der Waals surface area (Å²) in [5.41, 5.74) is 2.92. The van der Waals surface area contributed by atoms with Crippen LogP contribution in [0.2, 0.25) is 0 Å². The van der Waals surface area contributed by atoms with Gasteiger partial charge in [-0.1, -0.05) is 31.5 Å². The molecule has 1 N–H and O–H groups in total. The summed E-state index contributed by atoms with van der Waals surface area (Å²) in [5, 5.41) is 4.10. The van der Waals surface area contributed by atoms with Crippen molar-refractivity contribution in [1.29, 1.82) is 0 Å². The van der Waals surface area contributed by atoms with Gasteiger partial charge in [0.05, 0.1) is 23.9 Å². The monoisotopic (exact) mass is 346 g/mol. The Hall–Kier alpha value is -1.88. The number of nitrogens with one attached hydrogen (secondary N) is 1. The second-order valence-corrected chi connectivity index (χ2v) is 7.64. The van der Waals surface area contributed by atoms with Crippen LogP contribution in [-0.2, 0) is 6.42 Å². The van der Waals surface area contributed by atoms with Crippen LogP contribution in [0.3, 0.4) is 0 Å². The van der Waals surface area contributed by atoms with Gasteiger partial charge in [-0.05, 0) is 32.8 Å². The molecule has 5 heteroatoms. The van der Waals surface area contributed by atoms with Crippen molar-refractivity contribution in [2.24, 2.45) is 5.92 Å². The summed E-state index contributed by atoms with van der Waals surface area (Å²) < 4.78 is 5.42. The summed E-state index contributed by atoms with van der Waals surface area (Å²) in [6.45, 7) is 10.2. The Morgan fingerprint density at radius 3 is 2.62 bits per heavy atom. The molecule has 0 aliphatic carbocycles. The molecule has 0 saturated heterocycles. The predicted molar refractivity (Wildman–Crippen MR) is 99.0 cm³/mol. The molecule has 0 bridgehead atoms. The molecule has 1 heterocycles. The van der Waals surface area contributed by atoms with Gasteiger partial charge in [0.15, 0.2) is 0 Å². The highest BCUT2D eigenvalue weighted by atomic mass is 32.1. The highest BCUT2D eigenvalue weighted by Crippen LogP contribution is 2.27. The fourth-order valence-electron chi connectivity index (χ4n) is 2.63. The van der Waals surface area contributed by atoms with Gasteiger partial charge in [-0.25, -0.2) is 4.98 Å². The highest BCUT2D eigenvalue weighted by molar-refractivity contribution is 7.13. The number of carbonyl (C=O) groups excluding carboxylic acids is 1. The molecule has 1 amide bonds. The van der Waals surface area contributed by atoms with E-state index in [0.29, 0.717) is 10.8 Å². The Balaban J connectivity index is 2.17. The molecule has 0 aliphatic rings. The minimum Gasteiger partial charge on any atom is -0.496 e. The van der Waals surface area contributed by atoms with Gasteiger partial charge in [0, 0.05) is 12.0 Å². The van der Waals surface area contributed by atoms with Crippen molar-refractivity contribution in [3.63, 3.8) is 0 Å². The number of aryl methyl sites for hydroxylation is 2. The molecule has 2 rings (SSSR count). The molecule has 2 aromatic rings. The third kappa shape index (κ3) is 4.35. The third-order valence-electron chi connectivity index (χ3n) is 3.83. The number of ether oxygens (including phenoxy) is 1. The minimum atomic E-state index is -0.137. The zero-order chi connectivity index (χ0) is 17.9. The van der Waals surface area contributed by atoms with Crippen molar-refractivity contribution in [3.05, 3.63) is 44.9 Å². The van der Waals surface area contributed by atoms with E-state index in [2.05, 4.69) is 24.1 Å². The quantitative estimate of drug-likeness (QED) is 0.840. The Morgan fingerprint density at radius 1 is 1.29 bits per heavy atom. The van der Waals surface area contributed by atoms with Gasteiger partial charge in [-0.3, -0.25) is 4.79 Å². The predicted octanol–water partition coefficient (Wildman–Crippen LogP) is 4.46. The Morgan fingerprint density at radius 2 is 2.00 bits per heavy atom. The van der Waals surface area contributed by atoms with E-state index >= 15 is 0 Å². The molecule has 1 aromatic carbocycles. The maximum Gasteiger partial charge on any atom is 0.263 e. The van der Waals surface area contributed by atoms with E-state index in [-0.39, 0.29) is 11.9 Å². The van der Waals surface area contributed by atoms with Crippen LogP contribution in [0.4, 0.5) is 0 Å². The summed E-state index contributed by atoms with van der Waals surface area (Å²) in [6, 6.07) is 5.85. The van der Waals surface area contributed by atoms with Crippen LogP contribution in [0.5, 0.6) is 5.75 Å². The molecule has 0 fully saturated rings. The zero-order valence-electron chi connectivity index (χ0n) is 15.3. The minimum absolute atomic E-state index is 0.0731. The molecule has 1 aromatic heterocycles. The van der Waals surface area contributed by atoms with Crippen LogP contribution in [0.15, 0.2) is 18.2 Å². The second kappa shape index (κ2) is 7.79. The van der Waals surface area contributed by atoms with E-state index in [1.165, 1.54) is 11.3 Å². The summed E-state index contributed by atoms with van der Waals surface area (Å²) in [5.74, 6) is 1.24. The third-order valence-corrected chi connectivity index (χ3v) is 5.01. The van der Waals surface area contributed by atoms with E-state index in [4.69, 9.17) is 4.74 Å². The highest BCUT2D eigenvalue weighted by Gasteiger charge is 2.20. The van der Waals surface area contributed by atoms with Crippen molar-refractivity contribution in [3.8, 4) is 5.75 Å². The molecule has 1 atom stereocenters. The van der Waals surface area contributed by atoms with E-state index < -0.39 is 0 Å². The topological polar surface area (TPSA) is 51.2 Å². The number of amides is 1. The number of aromatic nitrogens is 1. The number of rotatable bonds is 6. The number of hydrogen-bond donors (Lipinski definition) is 1. The molecule has 0 spiro atoms. The Labute approximate surface area is 148 Å². The van der Waals surface area contributed by atoms with Gasteiger partial charge in [0.25, 0.3) is 5.91 Å². The molecule has 24 heavy (non-hydrogen) atoms. The fourth-order valence-corrected chi connectivity index (χ4v) is 3.81. The maximum atomic E-state index is 12.7. The number of benzene rings is 1. The van der Waals surface area contributed by atoms with Crippen molar-refractivity contribution < 1.29 is 9.53 Å². The lowest BCUT2D eigenvalue weighted by Crippen LogP contribution is -2.26. The molecule has 0 aliphatic heterocycles. The van der Waals surface area contributed by atoms with Crippen LogP contribution in [0.25, 0.3) is 0 Å². The summed E-state index contributed by atoms with van der Waals surface area (Å²) in [7, 11) is 1.65. The van der Waals surface area contributed by atoms with E-state index in [0.717, 1.165) is 34.0 Å². The van der Waals surface area contributed by atoms with Gasteiger partial charge < -0.3 is 10.1 Å². The summed E-state index contributed by atoms with van der Waals surface area (Å²) in [6.07, 6.45) is 0.903. The number of carbonyl (C=O) groups is 1. The lowest BCUT2D eigenvalue weighted by Gasteiger charge is -2.17. The molecule has 4 nitrogen and oxygen atoms in total. The van der Waals surface area contributed by atoms with Crippen molar-refractivity contribution in [2.45, 2.75) is 47.1 Å². The summed E-state index contributed by atoms with van der Waals surface area (Å²) >= 11 is 1.49. The first-order chi connectivity index (χ1) is 11.3. The van der Waals surface area contributed by atoms with Gasteiger partial charge in [0.1, 0.15) is 10.6 Å². The molecular formula is C19H26N2O2S.